The highest BCUT2D eigenvalue weighted by molar-refractivity contribution is 7.16. The van der Waals surface area contributed by atoms with E-state index in [4.69, 9.17) is 14.2 Å². The summed E-state index contributed by atoms with van der Waals surface area (Å²) in [6, 6.07) is 9.80. The molecule has 2 fully saturated rings. The smallest absolute Gasteiger partial charge is 0.245 e. The fourth-order valence-corrected chi connectivity index (χ4v) is 5.77. The monoisotopic (exact) mass is 513 g/mol. The van der Waals surface area contributed by atoms with Crippen molar-refractivity contribution in [1.29, 1.82) is 0 Å². The molecule has 8 nitrogen and oxygen atoms in total. The zero-order valence-electron chi connectivity index (χ0n) is 19.4. The number of carbonyl (C=O) groups excluding carboxylic acids is 2. The normalized spacial score (nSPS) is 19.8. The molecule has 1 aromatic carbocycles. The molecule has 3 aromatic rings. The minimum absolute atomic E-state index is 0.000976. The minimum atomic E-state index is -0.247. The third-order valence-electron chi connectivity index (χ3n) is 5.99. The molecule has 5 rings (SSSR count). The van der Waals surface area contributed by atoms with Crippen LogP contribution in [-0.2, 0) is 14.3 Å². The molecular weight excluding hydrogens is 486 g/mol. The van der Waals surface area contributed by atoms with Crippen molar-refractivity contribution < 1.29 is 23.8 Å². The number of rotatable bonds is 9. The first-order valence-electron chi connectivity index (χ1n) is 11.7. The zero-order valence-corrected chi connectivity index (χ0v) is 21.0. The molecule has 0 saturated carbocycles. The summed E-state index contributed by atoms with van der Waals surface area (Å²) in [6.07, 6.45) is 1.20. The van der Waals surface area contributed by atoms with Gasteiger partial charge in [0.2, 0.25) is 11.8 Å². The maximum absolute atomic E-state index is 12.7. The number of benzene rings is 1. The van der Waals surface area contributed by atoms with Crippen molar-refractivity contribution in [3.63, 3.8) is 0 Å². The molecule has 0 spiro atoms. The lowest BCUT2D eigenvalue weighted by Gasteiger charge is -2.19. The number of nitrogens with zero attached hydrogens (tertiary/aromatic N) is 2. The molecule has 2 unspecified atom stereocenters. The third-order valence-corrected chi connectivity index (χ3v) is 7.64. The molecule has 10 heteroatoms. The Morgan fingerprint density at radius 3 is 2.97 bits per heavy atom. The number of hydrogen-bond donors (Lipinski definition) is 1. The number of carbonyl (C=O) groups is 2. The van der Waals surface area contributed by atoms with Gasteiger partial charge in [0.1, 0.15) is 6.10 Å². The van der Waals surface area contributed by atoms with Gasteiger partial charge in [0, 0.05) is 30.7 Å². The quantitative estimate of drug-likeness (QED) is 0.456. The van der Waals surface area contributed by atoms with Crippen molar-refractivity contribution in [3.8, 4) is 22.1 Å². The number of anilines is 1. The molecule has 2 aliphatic heterocycles. The van der Waals surface area contributed by atoms with Crippen molar-refractivity contribution in [2.24, 2.45) is 0 Å². The molecule has 0 aliphatic carbocycles. The Morgan fingerprint density at radius 1 is 1.29 bits per heavy atom. The molecule has 2 atom stereocenters. The fraction of sp³-hybridized carbons (Fsp3) is 0.400. The van der Waals surface area contributed by atoms with Crippen LogP contribution in [0.3, 0.4) is 0 Å². The van der Waals surface area contributed by atoms with Gasteiger partial charge in [0.25, 0.3) is 0 Å². The van der Waals surface area contributed by atoms with E-state index < -0.39 is 0 Å². The maximum Gasteiger partial charge on any atom is 0.245 e. The maximum atomic E-state index is 12.7. The minimum Gasteiger partial charge on any atom is -0.490 e. The van der Waals surface area contributed by atoms with Crippen LogP contribution >= 0.6 is 22.7 Å². The molecule has 4 heterocycles. The van der Waals surface area contributed by atoms with Gasteiger partial charge < -0.3 is 24.4 Å². The average Bonchev–Trinajstić information content (AvgIpc) is 3.64. The van der Waals surface area contributed by atoms with Gasteiger partial charge in [-0.05, 0) is 36.1 Å². The van der Waals surface area contributed by atoms with Crippen LogP contribution in [0.25, 0.3) is 10.6 Å². The van der Waals surface area contributed by atoms with E-state index in [1.807, 2.05) is 48.0 Å². The van der Waals surface area contributed by atoms with E-state index in [1.54, 1.807) is 16.2 Å². The molecule has 184 valence electrons. The van der Waals surface area contributed by atoms with Gasteiger partial charge in [-0.2, -0.15) is 0 Å². The first kappa shape index (κ1) is 23.8. The van der Waals surface area contributed by atoms with E-state index in [0.29, 0.717) is 49.4 Å². The Morgan fingerprint density at radius 2 is 2.20 bits per heavy atom. The highest BCUT2D eigenvalue weighted by atomic mass is 32.1. The molecule has 2 amide bonds. The molecule has 0 bridgehead atoms. The molecule has 1 N–H and O–H groups in total. The van der Waals surface area contributed by atoms with Gasteiger partial charge >= 0.3 is 0 Å². The van der Waals surface area contributed by atoms with E-state index in [9.17, 15) is 9.59 Å². The second kappa shape index (κ2) is 10.8. The number of nitrogens with one attached hydrogen (secondary N) is 1. The number of thiazole rings is 1. The van der Waals surface area contributed by atoms with E-state index in [0.717, 1.165) is 22.6 Å². The Balaban J connectivity index is 1.21. The second-order valence-electron chi connectivity index (χ2n) is 8.48. The fourth-order valence-electron chi connectivity index (χ4n) is 4.28. The van der Waals surface area contributed by atoms with Crippen LogP contribution < -0.4 is 14.8 Å². The van der Waals surface area contributed by atoms with Gasteiger partial charge in [-0.3, -0.25) is 9.59 Å². The highest BCUT2D eigenvalue weighted by Crippen LogP contribution is 2.36. The van der Waals surface area contributed by atoms with Crippen LogP contribution in [0.5, 0.6) is 11.5 Å². The number of thiophene rings is 1. The van der Waals surface area contributed by atoms with Crippen LogP contribution in [0.15, 0.2) is 41.1 Å². The summed E-state index contributed by atoms with van der Waals surface area (Å²) < 4.78 is 17.3. The van der Waals surface area contributed by atoms with Gasteiger partial charge in [0.05, 0.1) is 36.9 Å². The SMILES string of the molecule is CCOc1ccc(C2CC(=O)N(CC(=O)Nc3nc(-c4cccs4)cs3)C2)cc1OC1CCOC1. The Bertz CT molecular complexity index is 1170. The van der Waals surface area contributed by atoms with Crippen LogP contribution in [0, 0.1) is 0 Å². The lowest BCUT2D eigenvalue weighted by atomic mass is 9.98. The standard InChI is InChI=1S/C25H27N3O5S2/c1-2-32-20-6-5-16(10-21(20)33-18-7-8-31-14-18)17-11-24(30)28(12-17)13-23(29)27-25-26-19(15-35-25)22-4-3-9-34-22/h3-6,9-10,15,17-18H,2,7-8,11-14H2,1H3,(H,26,27,29). The molecular formula is C25H27N3O5S2. The molecule has 35 heavy (non-hydrogen) atoms. The lowest BCUT2D eigenvalue weighted by molar-refractivity contribution is -0.131. The van der Waals surface area contributed by atoms with Crippen LogP contribution in [0.1, 0.15) is 31.2 Å². The van der Waals surface area contributed by atoms with Crippen LogP contribution in [0.4, 0.5) is 5.13 Å². The van der Waals surface area contributed by atoms with Crippen LogP contribution in [-0.4, -0.2) is 60.7 Å². The van der Waals surface area contributed by atoms with Crippen molar-refractivity contribution >= 4 is 39.6 Å². The van der Waals surface area contributed by atoms with Crippen molar-refractivity contribution in [2.75, 3.05) is 38.2 Å². The van der Waals surface area contributed by atoms with E-state index in [2.05, 4.69) is 10.3 Å². The summed E-state index contributed by atoms with van der Waals surface area (Å²) in [5.41, 5.74) is 1.84. The number of amides is 2. The number of hydrogen-bond acceptors (Lipinski definition) is 8. The second-order valence-corrected chi connectivity index (χ2v) is 10.3. The summed E-state index contributed by atoms with van der Waals surface area (Å²) in [5.74, 6) is 1.06. The van der Waals surface area contributed by atoms with Crippen molar-refractivity contribution in [1.82, 2.24) is 9.88 Å². The summed E-state index contributed by atoms with van der Waals surface area (Å²) >= 11 is 2.98. The van der Waals surface area contributed by atoms with E-state index >= 15 is 0 Å². The summed E-state index contributed by atoms with van der Waals surface area (Å²) in [5, 5.41) is 7.27. The highest BCUT2D eigenvalue weighted by Gasteiger charge is 2.32. The molecule has 0 radical (unpaired) electrons. The summed E-state index contributed by atoms with van der Waals surface area (Å²) in [7, 11) is 0. The van der Waals surface area contributed by atoms with Crippen molar-refractivity contribution in [3.05, 3.63) is 46.7 Å². The number of likely N-dealkylation sites (tertiary alicyclic amines) is 1. The summed E-state index contributed by atoms with van der Waals surface area (Å²) in [4.78, 5) is 32.5. The Labute approximate surface area is 211 Å². The van der Waals surface area contributed by atoms with Gasteiger partial charge in [-0.1, -0.05) is 12.1 Å². The van der Waals surface area contributed by atoms with Gasteiger partial charge in [-0.25, -0.2) is 4.98 Å². The van der Waals surface area contributed by atoms with E-state index in [-0.39, 0.29) is 30.4 Å². The number of ether oxygens (including phenoxy) is 3. The average molecular weight is 514 g/mol. The predicted molar refractivity (Wildman–Crippen MR) is 135 cm³/mol. The topological polar surface area (TPSA) is 90.0 Å². The first-order valence-corrected chi connectivity index (χ1v) is 13.4. The Hall–Kier alpha value is -2.95. The molecule has 2 aromatic heterocycles. The van der Waals surface area contributed by atoms with E-state index in [1.165, 1.54) is 11.3 Å². The largest absolute Gasteiger partial charge is 0.490 e. The summed E-state index contributed by atoms with van der Waals surface area (Å²) in [6.45, 7) is 4.21. The van der Waals surface area contributed by atoms with Crippen LogP contribution in [0.2, 0.25) is 0 Å². The lowest BCUT2D eigenvalue weighted by Crippen LogP contribution is -2.34. The third kappa shape index (κ3) is 5.66. The molecule has 2 aliphatic rings. The molecule has 2 saturated heterocycles. The first-order chi connectivity index (χ1) is 17.1. The number of aromatic nitrogens is 1. The van der Waals surface area contributed by atoms with Crippen molar-refractivity contribution in [2.45, 2.75) is 31.8 Å². The van der Waals surface area contributed by atoms with Gasteiger partial charge in [0.15, 0.2) is 16.6 Å². The Kier molecular flexibility index (Phi) is 7.31. The predicted octanol–water partition coefficient (Wildman–Crippen LogP) is 4.39. The van der Waals surface area contributed by atoms with Gasteiger partial charge in [-0.15, -0.1) is 22.7 Å². The zero-order chi connectivity index (χ0) is 24.2.